The zero-order valence-electron chi connectivity index (χ0n) is 14.6. The first-order valence-electron chi connectivity index (χ1n) is 7.94. The SMILES string of the molecule is CCO[Si](C)(C)CC(C)(C)CS[Si](CC)(CC)CC. The van der Waals surface area contributed by atoms with E-state index in [4.69, 9.17) is 4.43 Å². The molecule has 0 aliphatic heterocycles. The molecule has 0 aromatic rings. The molecule has 116 valence electrons. The van der Waals surface area contributed by atoms with Crippen LogP contribution >= 0.6 is 11.2 Å². The van der Waals surface area contributed by atoms with Gasteiger partial charge in [-0.05, 0) is 37.2 Å². The summed E-state index contributed by atoms with van der Waals surface area (Å²) < 4.78 is 6.02. The average Bonchev–Trinajstić information content (AvgIpc) is 2.30. The second kappa shape index (κ2) is 8.25. The van der Waals surface area contributed by atoms with Crippen molar-refractivity contribution in [3.63, 3.8) is 0 Å². The number of hydrogen-bond acceptors (Lipinski definition) is 2. The molecule has 4 heteroatoms. The molecule has 0 saturated carbocycles. The summed E-state index contributed by atoms with van der Waals surface area (Å²) in [5.41, 5.74) is 0.424. The normalized spacial score (nSPS) is 13.9. The highest BCUT2D eigenvalue weighted by Crippen LogP contribution is 2.39. The second-order valence-corrected chi connectivity index (χ2v) is 19.8. The van der Waals surface area contributed by atoms with Crippen molar-refractivity contribution in [3.05, 3.63) is 0 Å². The van der Waals surface area contributed by atoms with Crippen LogP contribution in [0, 0.1) is 5.41 Å². The molecule has 0 rings (SSSR count). The van der Waals surface area contributed by atoms with Gasteiger partial charge in [-0.25, -0.2) is 0 Å². The molecule has 0 heterocycles. The Morgan fingerprint density at radius 3 is 1.79 bits per heavy atom. The Balaban J connectivity index is 4.52. The van der Waals surface area contributed by atoms with E-state index in [0.717, 1.165) is 6.61 Å². The lowest BCUT2D eigenvalue weighted by Gasteiger charge is -2.36. The predicted molar refractivity (Wildman–Crippen MR) is 97.4 cm³/mol. The van der Waals surface area contributed by atoms with Gasteiger partial charge in [0.15, 0.2) is 8.32 Å². The lowest BCUT2D eigenvalue weighted by molar-refractivity contribution is 0.312. The maximum Gasteiger partial charge on any atom is 0.187 e. The van der Waals surface area contributed by atoms with E-state index in [1.165, 1.54) is 29.9 Å². The summed E-state index contributed by atoms with van der Waals surface area (Å²) >= 11 is 2.34. The van der Waals surface area contributed by atoms with Crippen LogP contribution in [0.3, 0.4) is 0 Å². The molecular weight excluding hydrogens is 284 g/mol. The van der Waals surface area contributed by atoms with E-state index in [1.54, 1.807) is 0 Å². The highest BCUT2D eigenvalue weighted by Gasteiger charge is 2.35. The fourth-order valence-corrected chi connectivity index (χ4v) is 13.4. The number of hydrogen-bond donors (Lipinski definition) is 0. The summed E-state index contributed by atoms with van der Waals surface area (Å²) in [6, 6.07) is 5.55. The molecule has 0 N–H and O–H groups in total. The van der Waals surface area contributed by atoms with E-state index in [2.05, 4.69) is 65.8 Å². The van der Waals surface area contributed by atoms with Crippen molar-refractivity contribution < 1.29 is 4.43 Å². The molecule has 0 radical (unpaired) electrons. The lowest BCUT2D eigenvalue weighted by atomic mass is 10.00. The van der Waals surface area contributed by atoms with Crippen LogP contribution in [0.5, 0.6) is 0 Å². The van der Waals surface area contributed by atoms with Gasteiger partial charge in [0.1, 0.15) is 7.22 Å². The molecule has 0 unspecified atom stereocenters. The molecule has 0 aliphatic rings. The van der Waals surface area contributed by atoms with Gasteiger partial charge in [-0.15, -0.1) is 0 Å². The smallest absolute Gasteiger partial charge is 0.187 e. The lowest BCUT2D eigenvalue weighted by Crippen LogP contribution is -2.38. The minimum atomic E-state index is -1.46. The van der Waals surface area contributed by atoms with E-state index in [0.29, 0.717) is 5.41 Å². The van der Waals surface area contributed by atoms with Crippen LogP contribution in [0.2, 0.25) is 37.3 Å². The molecular formula is C15H36OSSi2. The van der Waals surface area contributed by atoms with Gasteiger partial charge in [-0.2, -0.15) is 11.2 Å². The minimum Gasteiger partial charge on any atom is -0.418 e. The summed E-state index contributed by atoms with van der Waals surface area (Å²) in [6.07, 6.45) is 0. The summed E-state index contributed by atoms with van der Waals surface area (Å²) in [7, 11) is -2.49. The molecule has 0 spiro atoms. The molecule has 0 atom stereocenters. The molecule has 0 fully saturated rings. The van der Waals surface area contributed by atoms with E-state index < -0.39 is 15.5 Å². The average molecular weight is 321 g/mol. The van der Waals surface area contributed by atoms with Crippen LogP contribution < -0.4 is 0 Å². The molecule has 0 aliphatic carbocycles. The molecule has 0 amide bonds. The van der Waals surface area contributed by atoms with E-state index in [9.17, 15) is 0 Å². The Kier molecular flexibility index (Phi) is 8.57. The summed E-state index contributed by atoms with van der Waals surface area (Å²) in [5, 5.41) is 0. The largest absolute Gasteiger partial charge is 0.418 e. The van der Waals surface area contributed by atoms with Gasteiger partial charge in [0.2, 0.25) is 0 Å². The Labute approximate surface area is 128 Å². The third-order valence-corrected chi connectivity index (χ3v) is 17.3. The first-order chi connectivity index (χ1) is 8.66. The van der Waals surface area contributed by atoms with Gasteiger partial charge in [-0.3, -0.25) is 0 Å². The summed E-state index contributed by atoms with van der Waals surface area (Å²) in [5.74, 6) is 1.32. The highest BCUT2D eigenvalue weighted by molar-refractivity contribution is 8.29. The summed E-state index contributed by atoms with van der Waals surface area (Å²) in [6.45, 7) is 19.8. The van der Waals surface area contributed by atoms with E-state index in [1.807, 2.05) is 0 Å². The van der Waals surface area contributed by atoms with Crippen molar-refractivity contribution >= 4 is 26.8 Å². The predicted octanol–water partition coefficient (Wildman–Crippen LogP) is 5.99. The van der Waals surface area contributed by atoms with Crippen LogP contribution in [-0.4, -0.2) is 27.9 Å². The van der Waals surface area contributed by atoms with Crippen molar-refractivity contribution in [2.24, 2.45) is 5.41 Å². The Hall–Kier alpha value is 0.744. The maximum atomic E-state index is 6.02. The third kappa shape index (κ3) is 7.35. The second-order valence-electron chi connectivity index (χ2n) is 7.07. The van der Waals surface area contributed by atoms with Gasteiger partial charge in [-0.1, -0.05) is 52.8 Å². The molecule has 0 aromatic heterocycles. The fraction of sp³-hybridized carbons (Fsp3) is 1.00. The van der Waals surface area contributed by atoms with Crippen molar-refractivity contribution in [3.8, 4) is 0 Å². The van der Waals surface area contributed by atoms with Crippen molar-refractivity contribution in [1.29, 1.82) is 0 Å². The maximum absolute atomic E-state index is 6.02. The zero-order valence-corrected chi connectivity index (χ0v) is 17.4. The number of rotatable bonds is 10. The molecule has 0 aromatic carbocycles. The zero-order chi connectivity index (χ0) is 15.2. The minimum absolute atomic E-state index is 0.424. The highest BCUT2D eigenvalue weighted by atomic mass is 32.4. The van der Waals surface area contributed by atoms with Crippen molar-refractivity contribution in [2.75, 3.05) is 12.4 Å². The first kappa shape index (κ1) is 19.7. The van der Waals surface area contributed by atoms with E-state index in [-0.39, 0.29) is 0 Å². The molecule has 19 heavy (non-hydrogen) atoms. The molecule has 0 bridgehead atoms. The van der Waals surface area contributed by atoms with E-state index >= 15 is 0 Å². The Morgan fingerprint density at radius 2 is 1.42 bits per heavy atom. The fourth-order valence-electron chi connectivity index (χ4n) is 3.05. The molecule has 0 saturated heterocycles. The van der Waals surface area contributed by atoms with Crippen molar-refractivity contribution in [1.82, 2.24) is 0 Å². The van der Waals surface area contributed by atoms with Crippen LogP contribution in [0.15, 0.2) is 0 Å². The van der Waals surface area contributed by atoms with Crippen LogP contribution in [0.25, 0.3) is 0 Å². The molecule has 1 nitrogen and oxygen atoms in total. The Morgan fingerprint density at radius 1 is 0.947 bits per heavy atom. The van der Waals surface area contributed by atoms with Crippen molar-refractivity contribution in [2.45, 2.75) is 78.8 Å². The Bertz CT molecular complexity index is 242. The topological polar surface area (TPSA) is 9.23 Å². The standard InChI is InChI=1S/C15H36OSSi2/c1-9-16-18(7,8)14-15(5,6)13-17-19(10-2,11-3)12-4/h9-14H2,1-8H3. The van der Waals surface area contributed by atoms with Crippen LogP contribution in [0.4, 0.5) is 0 Å². The van der Waals surface area contributed by atoms with Crippen LogP contribution in [0.1, 0.15) is 41.5 Å². The van der Waals surface area contributed by atoms with Gasteiger partial charge in [0.25, 0.3) is 0 Å². The monoisotopic (exact) mass is 320 g/mol. The van der Waals surface area contributed by atoms with Gasteiger partial charge < -0.3 is 4.43 Å². The summed E-state index contributed by atoms with van der Waals surface area (Å²) in [4.78, 5) is 0. The third-order valence-electron chi connectivity index (χ3n) is 4.14. The van der Waals surface area contributed by atoms with Gasteiger partial charge >= 0.3 is 0 Å². The van der Waals surface area contributed by atoms with Crippen LogP contribution in [-0.2, 0) is 4.43 Å². The van der Waals surface area contributed by atoms with Gasteiger partial charge in [0, 0.05) is 6.61 Å². The quantitative estimate of drug-likeness (QED) is 0.457. The van der Waals surface area contributed by atoms with Gasteiger partial charge in [0.05, 0.1) is 0 Å². The first-order valence-corrected chi connectivity index (χ1v) is 15.4.